The zero-order valence-electron chi connectivity index (χ0n) is 14.6. The third-order valence-corrected chi connectivity index (χ3v) is 4.89. The number of halogens is 1. The van der Waals surface area contributed by atoms with Crippen molar-refractivity contribution in [3.05, 3.63) is 47.2 Å². The lowest BCUT2D eigenvalue weighted by atomic mass is 10.1. The molecule has 25 heavy (non-hydrogen) atoms. The Morgan fingerprint density at radius 1 is 1.28 bits per heavy atom. The molecule has 0 radical (unpaired) electrons. The average Bonchev–Trinajstić information content (AvgIpc) is 3.11. The lowest BCUT2D eigenvalue weighted by molar-refractivity contribution is 0.0942. The molecular weight excluding hydrogens is 336 g/mol. The van der Waals surface area contributed by atoms with Crippen molar-refractivity contribution in [1.82, 2.24) is 20.0 Å². The summed E-state index contributed by atoms with van der Waals surface area (Å²) >= 11 is 6.18. The van der Waals surface area contributed by atoms with E-state index in [9.17, 15) is 4.79 Å². The minimum absolute atomic E-state index is 0.0937. The van der Waals surface area contributed by atoms with Crippen LogP contribution in [-0.4, -0.2) is 46.8 Å². The Labute approximate surface area is 154 Å². The second kappa shape index (κ2) is 8.50. The van der Waals surface area contributed by atoms with E-state index < -0.39 is 0 Å². The number of carbonyl (C=O) groups is 1. The molecule has 1 aromatic heterocycles. The SMILES string of the molecule is CC(CNC(=O)c1cnn(-c2ccccc2Cl)c1)CN1CCCCC1. The van der Waals surface area contributed by atoms with E-state index in [1.807, 2.05) is 18.2 Å². The number of nitrogens with zero attached hydrogens (tertiary/aromatic N) is 3. The molecule has 5 nitrogen and oxygen atoms in total. The standard InChI is InChI=1S/C19H25ClN4O/c1-15(13-23-9-5-2-6-10-23)11-21-19(25)16-12-22-24(14-16)18-8-4-3-7-17(18)20/h3-4,7-8,12,14-15H,2,5-6,9-11,13H2,1H3,(H,21,25). The first-order valence-corrected chi connectivity index (χ1v) is 9.31. The van der Waals surface area contributed by atoms with Crippen LogP contribution in [-0.2, 0) is 0 Å². The fraction of sp³-hybridized carbons (Fsp3) is 0.474. The summed E-state index contributed by atoms with van der Waals surface area (Å²) in [5.41, 5.74) is 1.31. The zero-order valence-corrected chi connectivity index (χ0v) is 15.4. The predicted octanol–water partition coefficient (Wildman–Crippen LogP) is 3.38. The average molecular weight is 361 g/mol. The van der Waals surface area contributed by atoms with Crippen LogP contribution in [0.2, 0.25) is 5.02 Å². The van der Waals surface area contributed by atoms with Gasteiger partial charge in [-0.3, -0.25) is 4.79 Å². The molecule has 0 spiro atoms. The number of amides is 1. The van der Waals surface area contributed by atoms with E-state index in [0.717, 1.165) is 12.2 Å². The number of carbonyl (C=O) groups excluding carboxylic acids is 1. The normalized spacial score (nSPS) is 16.6. The highest BCUT2D eigenvalue weighted by atomic mass is 35.5. The van der Waals surface area contributed by atoms with Crippen LogP contribution < -0.4 is 5.32 Å². The number of hydrogen-bond donors (Lipinski definition) is 1. The molecular formula is C19H25ClN4O. The van der Waals surface area contributed by atoms with Crippen LogP contribution >= 0.6 is 11.6 Å². The van der Waals surface area contributed by atoms with E-state index in [2.05, 4.69) is 22.2 Å². The first-order chi connectivity index (χ1) is 12.1. The van der Waals surface area contributed by atoms with Gasteiger partial charge < -0.3 is 10.2 Å². The highest BCUT2D eigenvalue weighted by Gasteiger charge is 2.15. The van der Waals surface area contributed by atoms with E-state index in [1.54, 1.807) is 23.1 Å². The summed E-state index contributed by atoms with van der Waals surface area (Å²) in [6.07, 6.45) is 7.22. The van der Waals surface area contributed by atoms with Crippen LogP contribution in [0.15, 0.2) is 36.7 Å². The second-order valence-corrected chi connectivity index (χ2v) is 7.21. The van der Waals surface area contributed by atoms with Gasteiger partial charge >= 0.3 is 0 Å². The maximum atomic E-state index is 12.4. The quantitative estimate of drug-likeness (QED) is 0.859. The molecule has 1 aromatic carbocycles. The van der Waals surface area contributed by atoms with Gasteiger partial charge in [0.1, 0.15) is 0 Å². The molecule has 2 heterocycles. The summed E-state index contributed by atoms with van der Waals surface area (Å²) in [5.74, 6) is 0.337. The number of likely N-dealkylation sites (tertiary alicyclic amines) is 1. The minimum Gasteiger partial charge on any atom is -0.352 e. The van der Waals surface area contributed by atoms with Gasteiger partial charge in [0.25, 0.3) is 5.91 Å². The number of benzene rings is 1. The lowest BCUT2D eigenvalue weighted by Crippen LogP contribution is -2.38. The Morgan fingerprint density at radius 3 is 2.80 bits per heavy atom. The number of para-hydroxylation sites is 1. The van der Waals surface area contributed by atoms with Gasteiger partial charge in [0, 0.05) is 19.3 Å². The third kappa shape index (κ3) is 4.83. The van der Waals surface area contributed by atoms with Gasteiger partial charge in [0.15, 0.2) is 0 Å². The molecule has 3 rings (SSSR count). The van der Waals surface area contributed by atoms with Gasteiger partial charge in [-0.25, -0.2) is 4.68 Å². The van der Waals surface area contributed by atoms with Crippen molar-refractivity contribution < 1.29 is 4.79 Å². The van der Waals surface area contributed by atoms with Gasteiger partial charge in [-0.1, -0.05) is 37.1 Å². The molecule has 1 unspecified atom stereocenters. The summed E-state index contributed by atoms with van der Waals surface area (Å²) in [4.78, 5) is 14.9. The summed E-state index contributed by atoms with van der Waals surface area (Å²) < 4.78 is 1.63. The smallest absolute Gasteiger partial charge is 0.254 e. The molecule has 0 aliphatic carbocycles. The highest BCUT2D eigenvalue weighted by molar-refractivity contribution is 6.32. The van der Waals surface area contributed by atoms with Gasteiger partial charge in [0.05, 0.1) is 22.5 Å². The number of hydrogen-bond acceptors (Lipinski definition) is 3. The van der Waals surface area contributed by atoms with Crippen molar-refractivity contribution in [2.24, 2.45) is 5.92 Å². The van der Waals surface area contributed by atoms with Gasteiger partial charge in [0.2, 0.25) is 0 Å². The van der Waals surface area contributed by atoms with Crippen molar-refractivity contribution in [3.63, 3.8) is 0 Å². The number of piperidine rings is 1. The maximum absolute atomic E-state index is 12.4. The Bertz CT molecular complexity index is 709. The van der Waals surface area contributed by atoms with Crippen molar-refractivity contribution >= 4 is 17.5 Å². The maximum Gasteiger partial charge on any atom is 0.254 e. The molecule has 1 aliphatic heterocycles. The zero-order chi connectivity index (χ0) is 17.6. The first kappa shape index (κ1) is 18.0. The fourth-order valence-electron chi connectivity index (χ4n) is 3.23. The van der Waals surface area contributed by atoms with Crippen LogP contribution in [0.25, 0.3) is 5.69 Å². The van der Waals surface area contributed by atoms with Crippen LogP contribution in [0.1, 0.15) is 36.5 Å². The second-order valence-electron chi connectivity index (χ2n) is 6.80. The summed E-state index contributed by atoms with van der Waals surface area (Å²) in [5, 5.41) is 7.87. The van der Waals surface area contributed by atoms with E-state index in [1.165, 1.54) is 32.4 Å². The Balaban J connectivity index is 1.52. The molecule has 2 aromatic rings. The topological polar surface area (TPSA) is 50.2 Å². The minimum atomic E-state index is -0.0937. The molecule has 1 aliphatic rings. The molecule has 1 fully saturated rings. The molecule has 1 amide bonds. The van der Waals surface area contributed by atoms with Crippen LogP contribution in [0, 0.1) is 5.92 Å². The molecule has 6 heteroatoms. The molecule has 1 saturated heterocycles. The molecule has 1 N–H and O–H groups in total. The monoisotopic (exact) mass is 360 g/mol. The van der Waals surface area contributed by atoms with E-state index in [0.29, 0.717) is 23.0 Å². The van der Waals surface area contributed by atoms with E-state index >= 15 is 0 Å². The lowest BCUT2D eigenvalue weighted by Gasteiger charge is -2.29. The first-order valence-electron chi connectivity index (χ1n) is 8.93. The highest BCUT2D eigenvalue weighted by Crippen LogP contribution is 2.19. The van der Waals surface area contributed by atoms with Crippen molar-refractivity contribution in [1.29, 1.82) is 0 Å². The van der Waals surface area contributed by atoms with E-state index in [4.69, 9.17) is 11.6 Å². The number of aromatic nitrogens is 2. The molecule has 0 saturated carbocycles. The summed E-state index contributed by atoms with van der Waals surface area (Å²) in [6, 6.07) is 7.44. The molecule has 1 atom stereocenters. The fourth-order valence-corrected chi connectivity index (χ4v) is 3.45. The Kier molecular flexibility index (Phi) is 6.10. The van der Waals surface area contributed by atoms with Crippen molar-refractivity contribution in [3.8, 4) is 5.69 Å². The van der Waals surface area contributed by atoms with Gasteiger partial charge in [-0.15, -0.1) is 0 Å². The Morgan fingerprint density at radius 2 is 2.04 bits per heavy atom. The summed E-state index contributed by atoms with van der Waals surface area (Å²) in [7, 11) is 0. The molecule has 0 bridgehead atoms. The molecule has 134 valence electrons. The van der Waals surface area contributed by atoms with Gasteiger partial charge in [-0.2, -0.15) is 5.10 Å². The Hall–Kier alpha value is -1.85. The third-order valence-electron chi connectivity index (χ3n) is 4.57. The predicted molar refractivity (Wildman–Crippen MR) is 100 cm³/mol. The van der Waals surface area contributed by atoms with E-state index in [-0.39, 0.29) is 5.91 Å². The largest absolute Gasteiger partial charge is 0.352 e. The number of nitrogens with one attached hydrogen (secondary N) is 1. The summed E-state index contributed by atoms with van der Waals surface area (Å²) in [6.45, 7) is 6.26. The van der Waals surface area contributed by atoms with Crippen LogP contribution in [0.4, 0.5) is 0 Å². The van der Waals surface area contributed by atoms with Crippen molar-refractivity contribution in [2.45, 2.75) is 26.2 Å². The van der Waals surface area contributed by atoms with Crippen LogP contribution in [0.5, 0.6) is 0 Å². The number of rotatable bonds is 6. The van der Waals surface area contributed by atoms with Crippen molar-refractivity contribution in [2.75, 3.05) is 26.2 Å². The van der Waals surface area contributed by atoms with Gasteiger partial charge in [-0.05, 0) is 44.0 Å². The van der Waals surface area contributed by atoms with Crippen LogP contribution in [0.3, 0.4) is 0 Å².